The van der Waals surface area contributed by atoms with Crippen LogP contribution in [0.5, 0.6) is 5.75 Å². The zero-order valence-corrected chi connectivity index (χ0v) is 20.0. The SMILES string of the molecule is CC(C)(C)CC(C)(C)c1ccc(N2CCN(C(=O)c3cccc(OC(F)(F)F)c3)CC2)cc1. The number of hydrogen-bond acceptors (Lipinski definition) is 3. The number of rotatable bonds is 5. The summed E-state index contributed by atoms with van der Waals surface area (Å²) in [5.74, 6) is -0.678. The normalized spacial score (nSPS) is 15.5. The van der Waals surface area contributed by atoms with Crippen LogP contribution in [0.2, 0.25) is 0 Å². The Hall–Kier alpha value is -2.70. The number of alkyl halides is 3. The van der Waals surface area contributed by atoms with Crippen LogP contribution in [0, 0.1) is 5.41 Å². The number of halogens is 3. The van der Waals surface area contributed by atoms with Crippen molar-refractivity contribution in [2.75, 3.05) is 31.1 Å². The summed E-state index contributed by atoms with van der Waals surface area (Å²) >= 11 is 0. The topological polar surface area (TPSA) is 32.8 Å². The second kappa shape index (κ2) is 9.27. The van der Waals surface area contributed by atoms with Gasteiger partial charge in [0.1, 0.15) is 5.75 Å². The van der Waals surface area contributed by atoms with Crippen LogP contribution in [0.25, 0.3) is 0 Å². The number of amides is 1. The van der Waals surface area contributed by atoms with Gasteiger partial charge in [0.05, 0.1) is 0 Å². The lowest BCUT2D eigenvalue weighted by molar-refractivity contribution is -0.274. The molecule has 0 bridgehead atoms. The van der Waals surface area contributed by atoms with Crippen LogP contribution in [0.1, 0.15) is 57.0 Å². The van der Waals surface area contributed by atoms with E-state index in [9.17, 15) is 18.0 Å². The van der Waals surface area contributed by atoms with Crippen LogP contribution in [0.15, 0.2) is 48.5 Å². The third-order valence-electron chi connectivity index (χ3n) is 5.87. The first-order valence-corrected chi connectivity index (χ1v) is 11.2. The van der Waals surface area contributed by atoms with Crippen LogP contribution in [0.4, 0.5) is 18.9 Å². The van der Waals surface area contributed by atoms with Crippen molar-refractivity contribution in [3.8, 4) is 5.75 Å². The molecular weight excluding hydrogens is 429 g/mol. The highest BCUT2D eigenvalue weighted by Gasteiger charge is 2.32. The molecule has 0 aliphatic carbocycles. The van der Waals surface area contributed by atoms with Crippen molar-refractivity contribution in [1.29, 1.82) is 0 Å². The van der Waals surface area contributed by atoms with Gasteiger partial charge >= 0.3 is 6.36 Å². The molecule has 2 aromatic carbocycles. The molecule has 2 aromatic rings. The minimum Gasteiger partial charge on any atom is -0.406 e. The summed E-state index contributed by atoms with van der Waals surface area (Å²) in [6.07, 6.45) is -3.71. The second-order valence-electron chi connectivity index (χ2n) is 10.5. The van der Waals surface area contributed by atoms with E-state index in [0.29, 0.717) is 26.2 Å². The Morgan fingerprint density at radius 1 is 0.909 bits per heavy atom. The Labute approximate surface area is 194 Å². The first-order chi connectivity index (χ1) is 15.2. The molecule has 0 radical (unpaired) electrons. The summed E-state index contributed by atoms with van der Waals surface area (Å²) in [6, 6.07) is 13.9. The highest BCUT2D eigenvalue weighted by atomic mass is 19.4. The molecule has 1 aliphatic heterocycles. The number of anilines is 1. The van der Waals surface area contributed by atoms with Crippen LogP contribution < -0.4 is 9.64 Å². The average Bonchev–Trinajstić information content (AvgIpc) is 2.71. The molecule has 180 valence electrons. The number of carbonyl (C=O) groups is 1. The molecule has 1 fully saturated rings. The zero-order chi connectivity index (χ0) is 24.4. The first kappa shape index (κ1) is 24.9. The van der Waals surface area contributed by atoms with Crippen molar-refractivity contribution in [2.24, 2.45) is 5.41 Å². The molecule has 0 N–H and O–H groups in total. The maximum Gasteiger partial charge on any atom is 0.573 e. The number of benzene rings is 2. The lowest BCUT2D eigenvalue weighted by Crippen LogP contribution is -2.48. The molecule has 3 rings (SSSR count). The number of hydrogen-bond donors (Lipinski definition) is 0. The lowest BCUT2D eigenvalue weighted by Gasteiger charge is -2.37. The number of ether oxygens (including phenoxy) is 1. The Morgan fingerprint density at radius 2 is 1.52 bits per heavy atom. The Kier molecular flexibility index (Phi) is 7.01. The first-order valence-electron chi connectivity index (χ1n) is 11.2. The Morgan fingerprint density at radius 3 is 2.06 bits per heavy atom. The van der Waals surface area contributed by atoms with Gasteiger partial charge in [-0.15, -0.1) is 13.2 Å². The summed E-state index contributed by atoms with van der Waals surface area (Å²) < 4.78 is 41.4. The van der Waals surface area contributed by atoms with Gasteiger partial charge in [-0.2, -0.15) is 0 Å². The van der Waals surface area contributed by atoms with Gasteiger partial charge < -0.3 is 14.5 Å². The van der Waals surface area contributed by atoms with Crippen molar-refractivity contribution < 1.29 is 22.7 Å². The molecule has 0 saturated carbocycles. The molecule has 0 unspecified atom stereocenters. The third kappa shape index (κ3) is 6.89. The third-order valence-corrected chi connectivity index (χ3v) is 5.87. The van der Waals surface area contributed by atoms with E-state index in [2.05, 4.69) is 68.5 Å². The molecule has 1 heterocycles. The predicted molar refractivity (Wildman–Crippen MR) is 125 cm³/mol. The van der Waals surface area contributed by atoms with E-state index in [1.54, 1.807) is 4.90 Å². The van der Waals surface area contributed by atoms with E-state index < -0.39 is 6.36 Å². The fourth-order valence-electron chi connectivity index (χ4n) is 4.73. The fraction of sp³-hybridized carbons (Fsp3) is 0.500. The quantitative estimate of drug-likeness (QED) is 0.526. The van der Waals surface area contributed by atoms with Crippen molar-refractivity contribution in [2.45, 2.75) is 52.8 Å². The number of carbonyl (C=O) groups excluding carboxylic acids is 1. The summed E-state index contributed by atoms with van der Waals surface area (Å²) in [7, 11) is 0. The Bertz CT molecular complexity index is 955. The Balaban J connectivity index is 1.61. The molecule has 0 aromatic heterocycles. The fourth-order valence-corrected chi connectivity index (χ4v) is 4.73. The van der Waals surface area contributed by atoms with Gasteiger partial charge in [-0.3, -0.25) is 4.79 Å². The van der Waals surface area contributed by atoms with Gasteiger partial charge in [-0.25, -0.2) is 0 Å². The van der Waals surface area contributed by atoms with E-state index in [1.807, 2.05) is 0 Å². The van der Waals surface area contributed by atoms with Crippen molar-refractivity contribution >= 4 is 11.6 Å². The highest BCUT2D eigenvalue weighted by molar-refractivity contribution is 5.94. The van der Waals surface area contributed by atoms with Crippen molar-refractivity contribution in [1.82, 2.24) is 4.90 Å². The highest BCUT2D eigenvalue weighted by Crippen LogP contribution is 2.36. The molecule has 4 nitrogen and oxygen atoms in total. The van der Waals surface area contributed by atoms with Gasteiger partial charge in [0.15, 0.2) is 0 Å². The number of piperazine rings is 1. The summed E-state index contributed by atoms with van der Waals surface area (Å²) in [4.78, 5) is 16.7. The molecule has 33 heavy (non-hydrogen) atoms. The maximum atomic E-state index is 12.8. The molecular formula is C26H33F3N2O2. The van der Waals surface area contributed by atoms with E-state index in [0.717, 1.165) is 18.2 Å². The molecule has 1 amide bonds. The average molecular weight is 463 g/mol. The van der Waals surface area contributed by atoms with Gasteiger partial charge in [-0.05, 0) is 53.1 Å². The van der Waals surface area contributed by atoms with Crippen molar-refractivity contribution in [3.05, 3.63) is 59.7 Å². The summed E-state index contributed by atoms with van der Waals surface area (Å²) in [5.41, 5.74) is 2.92. The minimum atomic E-state index is -4.79. The van der Waals surface area contributed by atoms with Crippen LogP contribution >= 0.6 is 0 Å². The van der Waals surface area contributed by atoms with Gasteiger partial charge in [0, 0.05) is 37.4 Å². The van der Waals surface area contributed by atoms with Crippen LogP contribution in [-0.4, -0.2) is 43.3 Å². The molecule has 7 heteroatoms. The van der Waals surface area contributed by atoms with E-state index in [4.69, 9.17) is 0 Å². The molecule has 1 saturated heterocycles. The number of nitrogens with zero attached hydrogens (tertiary/aromatic N) is 2. The van der Waals surface area contributed by atoms with Crippen LogP contribution in [-0.2, 0) is 5.41 Å². The minimum absolute atomic E-state index is 0.0757. The van der Waals surface area contributed by atoms with E-state index >= 15 is 0 Å². The standard InChI is InChI=1S/C26H33F3N2O2/c1-24(2,3)18-25(4,5)20-9-11-21(12-10-20)30-13-15-31(16-14-30)23(32)19-7-6-8-22(17-19)33-26(27,28)29/h6-12,17H,13-16,18H2,1-5H3. The van der Waals surface area contributed by atoms with Crippen molar-refractivity contribution in [3.63, 3.8) is 0 Å². The van der Waals surface area contributed by atoms with E-state index in [-0.39, 0.29) is 28.1 Å². The molecule has 0 spiro atoms. The zero-order valence-electron chi connectivity index (χ0n) is 20.0. The smallest absolute Gasteiger partial charge is 0.406 e. The van der Waals surface area contributed by atoms with Gasteiger partial charge in [0.25, 0.3) is 5.91 Å². The lowest BCUT2D eigenvalue weighted by atomic mass is 9.72. The largest absolute Gasteiger partial charge is 0.573 e. The summed E-state index contributed by atoms with van der Waals surface area (Å²) in [5, 5.41) is 0. The monoisotopic (exact) mass is 462 g/mol. The van der Waals surface area contributed by atoms with E-state index in [1.165, 1.54) is 23.8 Å². The van der Waals surface area contributed by atoms with Crippen LogP contribution in [0.3, 0.4) is 0 Å². The molecule has 0 atom stereocenters. The summed E-state index contributed by atoms with van der Waals surface area (Å²) in [6.45, 7) is 13.6. The molecule has 1 aliphatic rings. The maximum absolute atomic E-state index is 12.8. The predicted octanol–water partition coefficient (Wildman–Crippen LogP) is 6.26. The second-order valence-corrected chi connectivity index (χ2v) is 10.5. The van der Waals surface area contributed by atoms with Gasteiger partial charge in [-0.1, -0.05) is 52.8 Å². The van der Waals surface area contributed by atoms with Gasteiger partial charge in [0.2, 0.25) is 0 Å².